The fourth-order valence-corrected chi connectivity index (χ4v) is 2.51. The molecule has 0 atom stereocenters. The summed E-state index contributed by atoms with van der Waals surface area (Å²) >= 11 is 0. The number of nitrogens with two attached hydrogens (primary N) is 1. The van der Waals surface area contributed by atoms with Gasteiger partial charge in [-0.05, 0) is 36.4 Å². The van der Waals surface area contributed by atoms with E-state index in [9.17, 15) is 8.42 Å². The van der Waals surface area contributed by atoms with Crippen molar-refractivity contribution < 1.29 is 8.42 Å². The number of anilines is 2. The topological polar surface area (TPSA) is 84.2 Å². The quantitative estimate of drug-likeness (QED) is 0.597. The smallest absolute Gasteiger partial charge is 0.261 e. The zero-order valence-electron chi connectivity index (χ0n) is 9.91. The largest absolute Gasteiger partial charge is 0.324 e. The Morgan fingerprint density at radius 1 is 0.842 bits per heavy atom. The third kappa shape index (κ3) is 3.85. The minimum absolute atomic E-state index is 0. The summed E-state index contributed by atoms with van der Waals surface area (Å²) in [5.41, 5.74) is 3.61. The lowest BCUT2D eigenvalue weighted by atomic mass is 10.3. The van der Waals surface area contributed by atoms with Crippen LogP contribution >= 0.6 is 12.4 Å². The van der Waals surface area contributed by atoms with Gasteiger partial charge in [0, 0.05) is 11.4 Å². The predicted molar refractivity (Wildman–Crippen MR) is 78.8 cm³/mol. The predicted octanol–water partition coefficient (Wildman–Crippen LogP) is 2.19. The molecule has 7 heteroatoms. The maximum atomic E-state index is 12.0. The first-order chi connectivity index (χ1) is 8.62. The van der Waals surface area contributed by atoms with E-state index in [4.69, 9.17) is 5.84 Å². The summed E-state index contributed by atoms with van der Waals surface area (Å²) < 4.78 is 26.6. The Morgan fingerprint density at radius 2 is 1.42 bits per heavy atom. The molecule has 5 nitrogen and oxygen atoms in total. The number of sulfonamides is 1. The molecule has 0 aliphatic heterocycles. The third-order valence-electron chi connectivity index (χ3n) is 2.36. The van der Waals surface area contributed by atoms with E-state index in [1.54, 1.807) is 36.4 Å². The number of hydrogen-bond donors (Lipinski definition) is 3. The molecule has 4 N–H and O–H groups in total. The van der Waals surface area contributed by atoms with Gasteiger partial charge in [-0.2, -0.15) is 0 Å². The van der Waals surface area contributed by atoms with Crippen molar-refractivity contribution in [2.75, 3.05) is 10.1 Å². The van der Waals surface area contributed by atoms with Gasteiger partial charge < -0.3 is 5.43 Å². The minimum Gasteiger partial charge on any atom is -0.324 e. The molecule has 0 aliphatic rings. The number of rotatable bonds is 4. The fourth-order valence-electron chi connectivity index (χ4n) is 1.45. The zero-order valence-corrected chi connectivity index (χ0v) is 11.5. The molecular weight excluding hydrogens is 286 g/mol. The van der Waals surface area contributed by atoms with Gasteiger partial charge in [-0.3, -0.25) is 10.6 Å². The molecule has 0 unspecified atom stereocenters. The first-order valence-electron chi connectivity index (χ1n) is 5.26. The van der Waals surface area contributed by atoms with Gasteiger partial charge in [0.2, 0.25) is 0 Å². The standard InChI is InChI=1S/C12H13N3O2S.ClH/c13-14-10-6-8-12(9-7-10)18(16,17)15-11-4-2-1-3-5-11;/h1-9,14-15H,13H2;1H. The molecule has 0 bridgehead atoms. The Bertz CT molecular complexity index is 615. The zero-order chi connectivity index (χ0) is 13.0. The van der Waals surface area contributed by atoms with Crippen LogP contribution < -0.4 is 16.0 Å². The van der Waals surface area contributed by atoms with E-state index in [1.807, 2.05) is 6.07 Å². The summed E-state index contributed by atoms with van der Waals surface area (Å²) in [6.45, 7) is 0. The van der Waals surface area contributed by atoms with E-state index < -0.39 is 10.0 Å². The van der Waals surface area contributed by atoms with Crippen molar-refractivity contribution >= 4 is 33.8 Å². The molecule has 102 valence electrons. The fraction of sp³-hybridized carbons (Fsp3) is 0. The third-order valence-corrected chi connectivity index (χ3v) is 3.75. The Morgan fingerprint density at radius 3 is 1.95 bits per heavy atom. The monoisotopic (exact) mass is 299 g/mol. The molecule has 2 rings (SSSR count). The second-order valence-corrected chi connectivity index (χ2v) is 5.32. The van der Waals surface area contributed by atoms with Gasteiger partial charge in [0.25, 0.3) is 10.0 Å². The van der Waals surface area contributed by atoms with Crippen LogP contribution in [0.4, 0.5) is 11.4 Å². The average Bonchev–Trinajstić information content (AvgIpc) is 2.39. The lowest BCUT2D eigenvalue weighted by Crippen LogP contribution is -2.13. The van der Waals surface area contributed by atoms with Crippen molar-refractivity contribution in [2.24, 2.45) is 5.84 Å². The van der Waals surface area contributed by atoms with Crippen molar-refractivity contribution in [3.05, 3.63) is 54.6 Å². The van der Waals surface area contributed by atoms with E-state index >= 15 is 0 Å². The van der Waals surface area contributed by atoms with Crippen LogP contribution in [0.3, 0.4) is 0 Å². The van der Waals surface area contributed by atoms with Crippen LogP contribution in [0.5, 0.6) is 0 Å². The molecule has 0 saturated carbocycles. The molecular formula is C12H14ClN3O2S. The molecule has 19 heavy (non-hydrogen) atoms. The lowest BCUT2D eigenvalue weighted by Gasteiger charge is -2.08. The summed E-state index contributed by atoms with van der Waals surface area (Å²) in [4.78, 5) is 0.186. The Labute approximate surface area is 118 Å². The number of para-hydroxylation sites is 1. The molecule has 0 aliphatic carbocycles. The molecule has 0 amide bonds. The number of hydrazine groups is 1. The first kappa shape index (κ1) is 15.3. The first-order valence-corrected chi connectivity index (χ1v) is 6.75. The molecule has 0 radical (unpaired) electrons. The highest BCUT2D eigenvalue weighted by Crippen LogP contribution is 2.17. The normalized spacial score (nSPS) is 10.4. The summed E-state index contributed by atoms with van der Waals surface area (Å²) in [5.74, 6) is 5.22. The van der Waals surface area contributed by atoms with Crippen LogP contribution in [0.25, 0.3) is 0 Å². The lowest BCUT2D eigenvalue weighted by molar-refractivity contribution is 0.601. The van der Waals surface area contributed by atoms with Crippen molar-refractivity contribution in [2.45, 2.75) is 4.90 Å². The molecule has 0 aromatic heterocycles. The second-order valence-electron chi connectivity index (χ2n) is 3.64. The van der Waals surface area contributed by atoms with Crippen molar-refractivity contribution in [1.29, 1.82) is 0 Å². The van der Waals surface area contributed by atoms with Gasteiger partial charge >= 0.3 is 0 Å². The van der Waals surface area contributed by atoms with E-state index in [0.717, 1.165) is 0 Å². The average molecular weight is 300 g/mol. The summed E-state index contributed by atoms with van der Waals surface area (Å²) in [7, 11) is -3.56. The summed E-state index contributed by atoms with van der Waals surface area (Å²) in [5, 5.41) is 0. The Hall–Kier alpha value is -1.76. The molecule has 2 aromatic carbocycles. The van der Waals surface area contributed by atoms with Crippen LogP contribution in [0.2, 0.25) is 0 Å². The van der Waals surface area contributed by atoms with Gasteiger partial charge in [0.15, 0.2) is 0 Å². The number of benzene rings is 2. The molecule has 0 spiro atoms. The minimum atomic E-state index is -3.56. The van der Waals surface area contributed by atoms with Gasteiger partial charge in [0.05, 0.1) is 4.90 Å². The van der Waals surface area contributed by atoms with E-state index in [-0.39, 0.29) is 17.3 Å². The number of nitrogens with one attached hydrogen (secondary N) is 2. The maximum Gasteiger partial charge on any atom is 0.261 e. The van der Waals surface area contributed by atoms with Crippen LogP contribution in [-0.4, -0.2) is 8.42 Å². The summed E-state index contributed by atoms with van der Waals surface area (Å²) in [6, 6.07) is 14.9. The Kier molecular flexibility index (Phi) is 5.17. The molecule has 2 aromatic rings. The van der Waals surface area contributed by atoms with E-state index in [2.05, 4.69) is 10.1 Å². The van der Waals surface area contributed by atoms with Crippen LogP contribution in [0.15, 0.2) is 59.5 Å². The number of nitrogen functional groups attached to an aromatic ring is 1. The highest BCUT2D eigenvalue weighted by Gasteiger charge is 2.13. The van der Waals surface area contributed by atoms with Crippen LogP contribution in [0, 0.1) is 0 Å². The van der Waals surface area contributed by atoms with E-state index in [1.165, 1.54) is 12.1 Å². The Balaban J connectivity index is 0.00000180. The van der Waals surface area contributed by atoms with Crippen LogP contribution in [0.1, 0.15) is 0 Å². The highest BCUT2D eigenvalue weighted by molar-refractivity contribution is 7.92. The van der Waals surface area contributed by atoms with Gasteiger partial charge in [-0.15, -0.1) is 12.4 Å². The number of halogens is 1. The van der Waals surface area contributed by atoms with Gasteiger partial charge in [-0.1, -0.05) is 18.2 Å². The van der Waals surface area contributed by atoms with Gasteiger partial charge in [-0.25, -0.2) is 8.42 Å². The van der Waals surface area contributed by atoms with E-state index in [0.29, 0.717) is 11.4 Å². The van der Waals surface area contributed by atoms with Crippen molar-refractivity contribution in [3.8, 4) is 0 Å². The summed E-state index contributed by atoms with van der Waals surface area (Å²) in [6.07, 6.45) is 0. The molecule has 0 heterocycles. The van der Waals surface area contributed by atoms with Crippen LogP contribution in [-0.2, 0) is 10.0 Å². The maximum absolute atomic E-state index is 12.0. The second kappa shape index (κ2) is 6.42. The van der Waals surface area contributed by atoms with Crippen molar-refractivity contribution in [3.63, 3.8) is 0 Å². The SMILES string of the molecule is Cl.NNc1ccc(S(=O)(=O)Nc2ccccc2)cc1. The number of hydrogen-bond acceptors (Lipinski definition) is 4. The molecule has 0 fully saturated rings. The van der Waals surface area contributed by atoms with Gasteiger partial charge in [0.1, 0.15) is 0 Å². The van der Waals surface area contributed by atoms with Crippen molar-refractivity contribution in [1.82, 2.24) is 0 Å². The highest BCUT2D eigenvalue weighted by atomic mass is 35.5. The molecule has 0 saturated heterocycles.